The number of hydrazine groups is 1. The molecular formula is C27H27Cl2N3O5. The highest BCUT2D eigenvalue weighted by Gasteiger charge is 2.35. The van der Waals surface area contributed by atoms with Crippen molar-refractivity contribution in [2.75, 3.05) is 30.6 Å². The molecule has 0 spiro atoms. The van der Waals surface area contributed by atoms with Gasteiger partial charge in [-0.3, -0.25) is 20.4 Å². The van der Waals surface area contributed by atoms with Gasteiger partial charge in [0.05, 0.1) is 30.3 Å². The van der Waals surface area contributed by atoms with E-state index in [2.05, 4.69) is 10.9 Å². The zero-order chi connectivity index (χ0) is 26.4. The predicted molar refractivity (Wildman–Crippen MR) is 144 cm³/mol. The van der Waals surface area contributed by atoms with Gasteiger partial charge in [0, 0.05) is 29.7 Å². The molecule has 1 saturated heterocycles. The van der Waals surface area contributed by atoms with Gasteiger partial charge in [0.1, 0.15) is 12.4 Å². The van der Waals surface area contributed by atoms with Crippen LogP contribution in [0.15, 0.2) is 60.7 Å². The molecule has 0 aromatic heterocycles. The van der Waals surface area contributed by atoms with E-state index in [1.807, 2.05) is 19.1 Å². The molecule has 0 radical (unpaired) electrons. The van der Waals surface area contributed by atoms with E-state index in [9.17, 15) is 9.59 Å². The Morgan fingerprint density at radius 2 is 1.78 bits per heavy atom. The molecule has 8 nitrogen and oxygen atoms in total. The van der Waals surface area contributed by atoms with Crippen LogP contribution in [0.5, 0.6) is 17.2 Å². The highest BCUT2D eigenvalue weighted by atomic mass is 35.5. The number of nitrogens with zero attached hydrogens (tertiary/aromatic N) is 1. The van der Waals surface area contributed by atoms with Crippen molar-refractivity contribution < 1.29 is 23.8 Å². The van der Waals surface area contributed by atoms with E-state index in [4.69, 9.17) is 37.4 Å². The summed E-state index contributed by atoms with van der Waals surface area (Å²) >= 11 is 12.4. The van der Waals surface area contributed by atoms with Gasteiger partial charge in [0.15, 0.2) is 11.5 Å². The molecule has 2 amide bonds. The summed E-state index contributed by atoms with van der Waals surface area (Å²) in [6.45, 7) is 2.81. The number of benzene rings is 3. The lowest BCUT2D eigenvalue weighted by atomic mass is 10.1. The number of carbonyl (C=O) groups excluding carboxylic acids is 2. The lowest BCUT2D eigenvalue weighted by Gasteiger charge is -2.18. The monoisotopic (exact) mass is 543 g/mol. The van der Waals surface area contributed by atoms with Crippen molar-refractivity contribution in [1.82, 2.24) is 5.43 Å². The predicted octanol–water partition coefficient (Wildman–Crippen LogP) is 5.48. The lowest BCUT2D eigenvalue weighted by molar-refractivity contribution is -0.125. The van der Waals surface area contributed by atoms with Crippen molar-refractivity contribution >= 4 is 46.4 Å². The van der Waals surface area contributed by atoms with Crippen molar-refractivity contribution in [2.24, 2.45) is 5.92 Å². The zero-order valence-corrected chi connectivity index (χ0v) is 21.9. The van der Waals surface area contributed by atoms with Crippen LogP contribution < -0.4 is 30.0 Å². The van der Waals surface area contributed by atoms with Gasteiger partial charge in [0.2, 0.25) is 11.8 Å². The van der Waals surface area contributed by atoms with E-state index in [1.54, 1.807) is 60.5 Å². The molecule has 3 aromatic rings. The number of nitrogens with one attached hydrogen (secondary N) is 2. The maximum atomic E-state index is 12.8. The Balaban J connectivity index is 1.38. The number of halogens is 2. The molecule has 0 aliphatic carbocycles. The van der Waals surface area contributed by atoms with Crippen molar-refractivity contribution in [3.05, 3.63) is 76.3 Å². The van der Waals surface area contributed by atoms with Crippen LogP contribution in [-0.2, 0) is 16.2 Å². The average molecular weight is 544 g/mol. The highest BCUT2D eigenvalue weighted by molar-refractivity contribution is 6.32. The summed E-state index contributed by atoms with van der Waals surface area (Å²) in [7, 11) is 1.58. The summed E-state index contributed by atoms with van der Waals surface area (Å²) in [5, 5.41) is 0.961. The second-order valence-electron chi connectivity index (χ2n) is 8.35. The second-order valence-corrected chi connectivity index (χ2v) is 9.19. The van der Waals surface area contributed by atoms with Crippen molar-refractivity contribution in [3.63, 3.8) is 0 Å². The fourth-order valence-electron chi connectivity index (χ4n) is 3.91. The molecule has 1 fully saturated rings. The average Bonchev–Trinajstić information content (AvgIpc) is 3.29. The third kappa shape index (κ3) is 6.58. The molecule has 37 heavy (non-hydrogen) atoms. The van der Waals surface area contributed by atoms with Gasteiger partial charge in [-0.1, -0.05) is 35.3 Å². The standard InChI is InChI=1S/C27H27Cl2N3O5/c1-3-36-24-14-20(13-23(29)26(24)37-16-17-4-6-19(28)7-5-17)30-31-27(34)18-12-25(33)32(15-18)21-8-10-22(35-2)11-9-21/h4-11,13-14,18,30H,3,12,15-16H2,1-2H3,(H,31,34)/t18-/m0/s1. The van der Waals surface area contributed by atoms with Crippen LogP contribution >= 0.6 is 23.2 Å². The van der Waals surface area contributed by atoms with Crippen molar-refractivity contribution in [1.29, 1.82) is 0 Å². The van der Waals surface area contributed by atoms with Crippen molar-refractivity contribution in [3.8, 4) is 17.2 Å². The molecule has 1 aliphatic heterocycles. The molecule has 2 N–H and O–H groups in total. The van der Waals surface area contributed by atoms with Crippen molar-refractivity contribution in [2.45, 2.75) is 20.0 Å². The summed E-state index contributed by atoms with van der Waals surface area (Å²) < 4.78 is 16.8. The molecule has 1 heterocycles. The van der Waals surface area contributed by atoms with E-state index >= 15 is 0 Å². The Bertz CT molecular complexity index is 1250. The van der Waals surface area contributed by atoms with Crippen LogP contribution in [-0.4, -0.2) is 32.1 Å². The third-order valence-electron chi connectivity index (χ3n) is 5.82. The van der Waals surface area contributed by atoms with Gasteiger partial charge in [-0.15, -0.1) is 0 Å². The fourth-order valence-corrected chi connectivity index (χ4v) is 4.30. The minimum Gasteiger partial charge on any atom is -0.497 e. The largest absolute Gasteiger partial charge is 0.497 e. The van der Waals surface area contributed by atoms with Gasteiger partial charge < -0.3 is 19.1 Å². The van der Waals surface area contributed by atoms with Crippen LogP contribution in [0.25, 0.3) is 0 Å². The SMILES string of the molecule is CCOc1cc(NNC(=O)[C@H]2CC(=O)N(c3ccc(OC)cc3)C2)cc(Cl)c1OCc1ccc(Cl)cc1. The van der Waals surface area contributed by atoms with Gasteiger partial charge in [0.25, 0.3) is 0 Å². The number of amides is 2. The molecule has 3 aromatic carbocycles. The van der Waals surface area contributed by atoms with E-state index in [1.165, 1.54) is 0 Å². The summed E-state index contributed by atoms with van der Waals surface area (Å²) in [5.74, 6) is 0.594. The number of hydrogen-bond donors (Lipinski definition) is 2. The Labute approximate surface area is 225 Å². The first-order chi connectivity index (χ1) is 17.9. The van der Waals surface area contributed by atoms with Gasteiger partial charge >= 0.3 is 0 Å². The highest BCUT2D eigenvalue weighted by Crippen LogP contribution is 2.39. The Hall–Kier alpha value is -3.62. The van der Waals surface area contributed by atoms with E-state index < -0.39 is 5.92 Å². The number of rotatable bonds is 10. The van der Waals surface area contributed by atoms with Crippen LogP contribution in [0, 0.1) is 5.92 Å². The number of carbonyl (C=O) groups is 2. The quantitative estimate of drug-likeness (QED) is 0.329. The molecule has 1 atom stereocenters. The lowest BCUT2D eigenvalue weighted by Crippen LogP contribution is -2.36. The molecular weight excluding hydrogens is 517 g/mol. The topological polar surface area (TPSA) is 89.1 Å². The Kier molecular flexibility index (Phi) is 8.63. The summed E-state index contributed by atoms with van der Waals surface area (Å²) in [5.41, 5.74) is 7.70. The third-order valence-corrected chi connectivity index (χ3v) is 6.35. The minimum absolute atomic E-state index is 0.113. The maximum absolute atomic E-state index is 12.8. The second kappa shape index (κ2) is 12.1. The first kappa shape index (κ1) is 26.4. The molecule has 4 rings (SSSR count). The number of ether oxygens (including phenoxy) is 3. The molecule has 194 valence electrons. The van der Waals surface area contributed by atoms with Gasteiger partial charge in [-0.05, 0) is 55.0 Å². The summed E-state index contributed by atoms with van der Waals surface area (Å²) in [6.07, 6.45) is 0.113. The number of anilines is 2. The zero-order valence-electron chi connectivity index (χ0n) is 20.4. The number of methoxy groups -OCH3 is 1. The molecule has 0 bridgehead atoms. The van der Waals surface area contributed by atoms with Crippen LogP contribution in [0.1, 0.15) is 18.9 Å². The first-order valence-corrected chi connectivity index (χ1v) is 12.5. The van der Waals surface area contributed by atoms with Crippen LogP contribution in [0.2, 0.25) is 10.0 Å². The smallest absolute Gasteiger partial charge is 0.243 e. The maximum Gasteiger partial charge on any atom is 0.243 e. The van der Waals surface area contributed by atoms with E-state index in [-0.39, 0.29) is 31.4 Å². The molecule has 0 unspecified atom stereocenters. The normalized spacial score (nSPS) is 14.9. The van der Waals surface area contributed by atoms with Crippen LogP contribution in [0.3, 0.4) is 0 Å². The van der Waals surface area contributed by atoms with Gasteiger partial charge in [-0.25, -0.2) is 0 Å². The van der Waals surface area contributed by atoms with Gasteiger partial charge in [-0.2, -0.15) is 0 Å². The fraction of sp³-hybridized carbons (Fsp3) is 0.259. The summed E-state index contributed by atoms with van der Waals surface area (Å²) in [6, 6.07) is 17.8. The minimum atomic E-state index is -0.508. The van der Waals surface area contributed by atoms with E-state index in [0.29, 0.717) is 39.6 Å². The van der Waals surface area contributed by atoms with E-state index in [0.717, 1.165) is 11.3 Å². The first-order valence-electron chi connectivity index (χ1n) is 11.7. The number of hydrogen-bond acceptors (Lipinski definition) is 6. The molecule has 10 heteroatoms. The Morgan fingerprint density at radius 1 is 1.05 bits per heavy atom. The molecule has 0 saturated carbocycles. The molecule has 1 aliphatic rings. The van der Waals surface area contributed by atoms with Crippen LogP contribution in [0.4, 0.5) is 11.4 Å². The Morgan fingerprint density at radius 3 is 2.46 bits per heavy atom. The summed E-state index contributed by atoms with van der Waals surface area (Å²) in [4.78, 5) is 27.0.